The van der Waals surface area contributed by atoms with Crippen LogP contribution in [0.5, 0.6) is 11.5 Å². The highest BCUT2D eigenvalue weighted by atomic mass is 32.2. The molecule has 0 aliphatic heterocycles. The summed E-state index contributed by atoms with van der Waals surface area (Å²) in [6.45, 7) is 5.63. The molecule has 3 aromatic carbocycles. The summed E-state index contributed by atoms with van der Waals surface area (Å²) in [5, 5.41) is 2.88. The Balaban J connectivity index is 1.99. The Hall–Kier alpha value is -4.05. The quantitative estimate of drug-likeness (QED) is 0.334. The second-order valence-corrected chi connectivity index (χ2v) is 11.6. The Bertz CT molecular complexity index is 1360. The molecule has 0 bridgehead atoms. The maximum atomic E-state index is 13.9. The average molecular weight is 568 g/mol. The first-order valence-electron chi connectivity index (χ1n) is 13.0. The standard InChI is InChI=1S/C30H37N3O6S/c1-22(2)19-31-30(35)23(3)32(20-24-11-15-26(38-4)16-12-24)29(34)21-33(25-13-17-27(39-5)18-14-25)40(36,37)28-9-7-6-8-10-28/h6-18,22-23H,19-21H2,1-5H3,(H,31,35)/t23-/m1/s1. The van der Waals surface area contributed by atoms with E-state index >= 15 is 0 Å². The van der Waals surface area contributed by atoms with Crippen molar-refractivity contribution in [2.45, 2.75) is 38.3 Å². The van der Waals surface area contributed by atoms with Crippen molar-refractivity contribution in [3.63, 3.8) is 0 Å². The summed E-state index contributed by atoms with van der Waals surface area (Å²) < 4.78 is 39.1. The third-order valence-corrected chi connectivity index (χ3v) is 8.12. The molecule has 9 nitrogen and oxygen atoms in total. The van der Waals surface area contributed by atoms with Gasteiger partial charge in [0.1, 0.15) is 24.1 Å². The Kier molecular flexibility index (Phi) is 10.6. The highest BCUT2D eigenvalue weighted by molar-refractivity contribution is 7.92. The summed E-state index contributed by atoms with van der Waals surface area (Å²) in [5.74, 6) is 0.576. The molecular formula is C30H37N3O6S. The monoisotopic (exact) mass is 567 g/mol. The molecule has 0 saturated carbocycles. The number of hydrogen-bond acceptors (Lipinski definition) is 6. The molecule has 3 aromatic rings. The third-order valence-electron chi connectivity index (χ3n) is 6.33. The Morgan fingerprint density at radius 2 is 1.38 bits per heavy atom. The van der Waals surface area contributed by atoms with Gasteiger partial charge < -0.3 is 19.7 Å². The topological polar surface area (TPSA) is 105 Å². The predicted molar refractivity (Wildman–Crippen MR) is 155 cm³/mol. The van der Waals surface area contributed by atoms with Gasteiger partial charge in [-0.05, 0) is 66.9 Å². The lowest BCUT2D eigenvalue weighted by Crippen LogP contribution is -2.51. The van der Waals surface area contributed by atoms with Crippen molar-refractivity contribution in [2.24, 2.45) is 5.92 Å². The molecule has 1 atom stereocenters. The van der Waals surface area contributed by atoms with E-state index in [2.05, 4.69) is 5.32 Å². The molecule has 0 aromatic heterocycles. The average Bonchev–Trinajstić information content (AvgIpc) is 2.97. The summed E-state index contributed by atoms with van der Waals surface area (Å²) in [4.78, 5) is 28.4. The van der Waals surface area contributed by atoms with E-state index in [1.165, 1.54) is 24.1 Å². The number of nitrogens with one attached hydrogen (secondary N) is 1. The number of methoxy groups -OCH3 is 2. The highest BCUT2D eigenvalue weighted by Gasteiger charge is 2.32. The van der Waals surface area contributed by atoms with Gasteiger partial charge >= 0.3 is 0 Å². The second-order valence-electron chi connectivity index (χ2n) is 9.71. The predicted octanol–water partition coefficient (Wildman–Crippen LogP) is 4.09. The first-order valence-corrected chi connectivity index (χ1v) is 14.4. The van der Waals surface area contributed by atoms with Gasteiger partial charge in [0.2, 0.25) is 11.8 Å². The Morgan fingerprint density at radius 1 is 0.825 bits per heavy atom. The van der Waals surface area contributed by atoms with Gasteiger partial charge in [0.05, 0.1) is 24.8 Å². The molecule has 3 rings (SSSR count). The van der Waals surface area contributed by atoms with Gasteiger partial charge in [0, 0.05) is 13.1 Å². The van der Waals surface area contributed by atoms with Gasteiger partial charge in [-0.1, -0.05) is 44.2 Å². The molecule has 0 radical (unpaired) electrons. The number of nitrogens with zero attached hydrogens (tertiary/aromatic N) is 2. The van der Waals surface area contributed by atoms with Crippen molar-refractivity contribution < 1.29 is 27.5 Å². The molecule has 0 saturated heterocycles. The maximum absolute atomic E-state index is 13.9. The van der Waals surface area contributed by atoms with Crippen LogP contribution in [0.4, 0.5) is 5.69 Å². The highest BCUT2D eigenvalue weighted by Crippen LogP contribution is 2.26. The molecule has 0 fully saturated rings. The van der Waals surface area contributed by atoms with E-state index in [1.54, 1.807) is 80.8 Å². The van der Waals surface area contributed by atoms with E-state index in [9.17, 15) is 18.0 Å². The van der Waals surface area contributed by atoms with E-state index in [0.717, 1.165) is 9.87 Å². The lowest BCUT2D eigenvalue weighted by atomic mass is 10.1. The van der Waals surface area contributed by atoms with Crippen LogP contribution in [0, 0.1) is 5.92 Å². The van der Waals surface area contributed by atoms with Gasteiger partial charge in [-0.2, -0.15) is 0 Å². The van der Waals surface area contributed by atoms with E-state index in [4.69, 9.17) is 9.47 Å². The van der Waals surface area contributed by atoms with Gasteiger partial charge in [0.25, 0.3) is 10.0 Å². The molecule has 0 aliphatic rings. The normalized spacial score (nSPS) is 11.9. The van der Waals surface area contributed by atoms with E-state index in [1.807, 2.05) is 13.8 Å². The van der Waals surface area contributed by atoms with Crippen LogP contribution in [0.2, 0.25) is 0 Å². The van der Waals surface area contributed by atoms with Crippen molar-refractivity contribution in [1.29, 1.82) is 0 Å². The minimum absolute atomic E-state index is 0.0445. The number of benzene rings is 3. The lowest BCUT2D eigenvalue weighted by Gasteiger charge is -2.32. The largest absolute Gasteiger partial charge is 0.497 e. The number of amides is 2. The third kappa shape index (κ3) is 7.75. The number of anilines is 1. The zero-order chi connectivity index (χ0) is 29.3. The van der Waals surface area contributed by atoms with E-state index < -0.39 is 28.5 Å². The van der Waals surface area contributed by atoms with Crippen molar-refractivity contribution in [3.05, 3.63) is 84.4 Å². The van der Waals surface area contributed by atoms with Gasteiger partial charge in [-0.25, -0.2) is 8.42 Å². The zero-order valence-electron chi connectivity index (χ0n) is 23.5. The molecule has 10 heteroatoms. The molecule has 1 N–H and O–H groups in total. The Labute approximate surface area is 236 Å². The van der Waals surface area contributed by atoms with Crippen LogP contribution in [-0.2, 0) is 26.2 Å². The van der Waals surface area contributed by atoms with E-state index in [-0.39, 0.29) is 23.3 Å². The van der Waals surface area contributed by atoms with Crippen molar-refractivity contribution in [2.75, 3.05) is 31.6 Å². The van der Waals surface area contributed by atoms with Crippen LogP contribution in [0.1, 0.15) is 26.3 Å². The van der Waals surface area contributed by atoms with Crippen molar-refractivity contribution >= 4 is 27.5 Å². The second kappa shape index (κ2) is 13.8. The summed E-state index contributed by atoms with van der Waals surface area (Å²) in [5.41, 5.74) is 1.05. The minimum atomic E-state index is -4.12. The number of ether oxygens (including phenoxy) is 2. The molecule has 0 unspecified atom stereocenters. The summed E-state index contributed by atoms with van der Waals surface area (Å²) in [6.07, 6.45) is 0. The molecular weight excluding hydrogens is 530 g/mol. The number of carbonyl (C=O) groups excluding carboxylic acids is 2. The summed E-state index contributed by atoms with van der Waals surface area (Å²) >= 11 is 0. The van der Waals surface area contributed by atoms with Crippen LogP contribution in [0.15, 0.2) is 83.8 Å². The summed E-state index contributed by atoms with van der Waals surface area (Å²) in [6, 6.07) is 20.6. The maximum Gasteiger partial charge on any atom is 0.264 e. The van der Waals surface area contributed by atoms with Gasteiger partial charge in [0.15, 0.2) is 0 Å². The van der Waals surface area contributed by atoms with Crippen molar-refractivity contribution in [3.8, 4) is 11.5 Å². The van der Waals surface area contributed by atoms with Crippen LogP contribution < -0.4 is 19.1 Å². The molecule has 214 valence electrons. The fraction of sp³-hybridized carbons (Fsp3) is 0.333. The molecule has 0 heterocycles. The first-order chi connectivity index (χ1) is 19.1. The van der Waals surface area contributed by atoms with E-state index in [0.29, 0.717) is 23.7 Å². The molecule has 2 amide bonds. The zero-order valence-corrected chi connectivity index (χ0v) is 24.4. The van der Waals surface area contributed by atoms with Gasteiger partial charge in [-0.3, -0.25) is 13.9 Å². The molecule has 0 aliphatic carbocycles. The minimum Gasteiger partial charge on any atom is -0.497 e. The van der Waals surface area contributed by atoms with Crippen LogP contribution in [0.3, 0.4) is 0 Å². The Morgan fingerprint density at radius 3 is 1.90 bits per heavy atom. The van der Waals surface area contributed by atoms with Crippen LogP contribution in [-0.4, -0.2) is 58.5 Å². The lowest BCUT2D eigenvalue weighted by molar-refractivity contribution is -0.139. The van der Waals surface area contributed by atoms with Crippen LogP contribution in [0.25, 0.3) is 0 Å². The number of carbonyl (C=O) groups is 2. The fourth-order valence-electron chi connectivity index (χ4n) is 3.96. The van der Waals surface area contributed by atoms with Crippen molar-refractivity contribution in [1.82, 2.24) is 10.2 Å². The SMILES string of the molecule is COc1ccc(CN(C(=O)CN(c2ccc(OC)cc2)S(=O)(=O)c2ccccc2)[C@H](C)C(=O)NCC(C)C)cc1. The van der Waals surface area contributed by atoms with Crippen LogP contribution >= 0.6 is 0 Å². The number of sulfonamides is 1. The first kappa shape index (κ1) is 30.5. The smallest absolute Gasteiger partial charge is 0.264 e. The number of rotatable bonds is 13. The number of hydrogen-bond donors (Lipinski definition) is 1. The summed E-state index contributed by atoms with van der Waals surface area (Å²) in [7, 11) is -1.05. The molecule has 40 heavy (non-hydrogen) atoms. The van der Waals surface area contributed by atoms with Gasteiger partial charge in [-0.15, -0.1) is 0 Å². The molecule has 0 spiro atoms. The fourth-order valence-corrected chi connectivity index (χ4v) is 5.39.